The van der Waals surface area contributed by atoms with Crippen molar-refractivity contribution in [3.05, 3.63) is 65.0 Å². The molecule has 3 aliphatic rings. The molecule has 0 spiro atoms. The Labute approximate surface area is 254 Å². The number of hydrogen-bond acceptors (Lipinski definition) is 5. The van der Waals surface area contributed by atoms with E-state index in [1.165, 1.54) is 6.92 Å². The SMILES string of the molecule is CC1CC(C(=O)N[C@@H]2CC[C@@]3(S(=O)(=O)c4ccc(F)cc4)c4ccc(C(F)(C(F)(F)F)C(F)(F)F)cc4CC[C@@H]23)CCS1(=O)=O. The highest BCUT2D eigenvalue weighted by atomic mass is 32.2. The smallest absolute Gasteiger partial charge is 0.353 e. The topological polar surface area (TPSA) is 97.4 Å². The summed E-state index contributed by atoms with van der Waals surface area (Å²) in [5.41, 5.74) is -7.79. The van der Waals surface area contributed by atoms with Gasteiger partial charge in [-0.25, -0.2) is 25.6 Å². The van der Waals surface area contributed by atoms with Gasteiger partial charge in [-0.05, 0) is 80.8 Å². The van der Waals surface area contributed by atoms with Gasteiger partial charge in [-0.3, -0.25) is 4.79 Å². The number of fused-ring (bicyclic) bond motifs is 3. The van der Waals surface area contributed by atoms with Gasteiger partial charge in [0.2, 0.25) is 5.91 Å². The number of carbonyl (C=O) groups excluding carboxylic acids is 1. The van der Waals surface area contributed by atoms with Gasteiger partial charge in [0, 0.05) is 23.4 Å². The molecule has 6 nitrogen and oxygen atoms in total. The fraction of sp³-hybridized carbons (Fsp3) is 0.552. The lowest BCUT2D eigenvalue weighted by Gasteiger charge is -2.43. The van der Waals surface area contributed by atoms with Crippen LogP contribution in [0.25, 0.3) is 0 Å². The van der Waals surface area contributed by atoms with Gasteiger partial charge in [0.1, 0.15) is 10.6 Å². The second-order valence-corrected chi connectivity index (χ2v) is 16.8. The normalized spacial score (nSPS) is 28.6. The Balaban J connectivity index is 1.59. The monoisotopic (exact) mass is 687 g/mol. The number of carbonyl (C=O) groups is 1. The number of alkyl halides is 7. The van der Waals surface area contributed by atoms with E-state index in [9.17, 15) is 56.8 Å². The van der Waals surface area contributed by atoms with E-state index in [4.69, 9.17) is 0 Å². The van der Waals surface area contributed by atoms with Crippen molar-refractivity contribution >= 4 is 25.6 Å². The van der Waals surface area contributed by atoms with Crippen molar-refractivity contribution < 1.29 is 56.8 Å². The third-order valence-corrected chi connectivity index (χ3v) is 14.5. The average molecular weight is 688 g/mol. The number of hydrogen-bond donors (Lipinski definition) is 1. The van der Waals surface area contributed by atoms with Crippen molar-refractivity contribution in [3.63, 3.8) is 0 Å². The Morgan fingerprint density at radius 1 is 0.933 bits per heavy atom. The molecule has 1 N–H and O–H groups in total. The zero-order valence-electron chi connectivity index (χ0n) is 23.7. The van der Waals surface area contributed by atoms with Crippen LogP contribution in [0.1, 0.15) is 55.7 Å². The maximum absolute atomic E-state index is 15.0. The zero-order valence-corrected chi connectivity index (χ0v) is 25.3. The first kappa shape index (κ1) is 33.6. The lowest BCUT2D eigenvalue weighted by Crippen LogP contribution is -2.52. The first-order chi connectivity index (χ1) is 20.7. The Kier molecular flexibility index (Phi) is 8.15. The van der Waals surface area contributed by atoms with E-state index in [0.717, 1.165) is 30.3 Å². The van der Waals surface area contributed by atoms with Crippen LogP contribution in [0, 0.1) is 17.7 Å². The average Bonchev–Trinajstić information content (AvgIpc) is 3.32. The third kappa shape index (κ3) is 5.23. The van der Waals surface area contributed by atoms with Crippen molar-refractivity contribution in [3.8, 4) is 0 Å². The van der Waals surface area contributed by atoms with E-state index in [0.29, 0.717) is 12.1 Å². The number of amides is 1. The third-order valence-electron chi connectivity index (χ3n) is 9.66. The highest BCUT2D eigenvalue weighted by molar-refractivity contribution is 7.92. The van der Waals surface area contributed by atoms with Crippen molar-refractivity contribution in [1.29, 1.82) is 0 Å². The summed E-state index contributed by atoms with van der Waals surface area (Å²) in [4.78, 5) is 12.9. The van der Waals surface area contributed by atoms with Gasteiger partial charge in [0.05, 0.1) is 15.9 Å². The highest BCUT2D eigenvalue weighted by Crippen LogP contribution is 2.59. The molecule has 1 heterocycles. The van der Waals surface area contributed by atoms with E-state index in [2.05, 4.69) is 5.32 Å². The molecule has 5 atom stereocenters. The second kappa shape index (κ2) is 10.9. The highest BCUT2D eigenvalue weighted by Gasteiger charge is 2.73. The number of aryl methyl sites for hydroxylation is 1. The minimum atomic E-state index is -6.37. The predicted molar refractivity (Wildman–Crippen MR) is 146 cm³/mol. The molecule has 248 valence electrons. The molecule has 0 aromatic heterocycles. The van der Waals surface area contributed by atoms with E-state index in [1.807, 2.05) is 0 Å². The van der Waals surface area contributed by atoms with Crippen LogP contribution < -0.4 is 5.32 Å². The minimum absolute atomic E-state index is 0.0523. The fourth-order valence-electron chi connectivity index (χ4n) is 7.26. The summed E-state index contributed by atoms with van der Waals surface area (Å²) in [7, 11) is -7.91. The fourth-order valence-corrected chi connectivity index (χ4v) is 11.3. The molecule has 2 aromatic rings. The van der Waals surface area contributed by atoms with Crippen LogP contribution >= 0.6 is 0 Å². The van der Waals surface area contributed by atoms with Crippen LogP contribution in [0.15, 0.2) is 47.4 Å². The number of rotatable bonds is 5. The second-order valence-electron chi connectivity index (χ2n) is 12.1. The maximum atomic E-state index is 15.0. The van der Waals surface area contributed by atoms with Gasteiger partial charge in [-0.15, -0.1) is 0 Å². The molecule has 0 bridgehead atoms. The number of halogens is 8. The Morgan fingerprint density at radius 2 is 1.56 bits per heavy atom. The van der Waals surface area contributed by atoms with Gasteiger partial charge in [-0.1, -0.05) is 18.2 Å². The van der Waals surface area contributed by atoms with Crippen LogP contribution in [-0.2, 0) is 41.3 Å². The molecule has 2 aromatic carbocycles. The summed E-state index contributed by atoms with van der Waals surface area (Å²) in [5.74, 6) is -3.04. The van der Waals surface area contributed by atoms with Crippen molar-refractivity contribution in [1.82, 2.24) is 5.32 Å². The molecular weight excluding hydrogens is 658 g/mol. The molecule has 1 amide bonds. The van der Waals surface area contributed by atoms with Crippen LogP contribution in [0.2, 0.25) is 0 Å². The molecule has 5 rings (SSSR count). The Bertz CT molecular complexity index is 1690. The summed E-state index contributed by atoms with van der Waals surface area (Å²) in [6.07, 6.45) is -13.1. The number of sulfone groups is 2. The summed E-state index contributed by atoms with van der Waals surface area (Å²) >= 11 is 0. The molecule has 2 unspecified atom stereocenters. The van der Waals surface area contributed by atoms with Gasteiger partial charge >= 0.3 is 18.0 Å². The van der Waals surface area contributed by atoms with Crippen LogP contribution in [-0.4, -0.2) is 52.1 Å². The largest absolute Gasteiger partial charge is 0.435 e. The van der Waals surface area contributed by atoms with Crippen LogP contribution in [0.4, 0.5) is 35.1 Å². The molecule has 1 aliphatic heterocycles. The van der Waals surface area contributed by atoms with Crippen LogP contribution in [0.5, 0.6) is 0 Å². The Morgan fingerprint density at radius 3 is 2.13 bits per heavy atom. The summed E-state index contributed by atoms with van der Waals surface area (Å²) in [6.45, 7) is 1.49. The molecule has 1 saturated heterocycles. The maximum Gasteiger partial charge on any atom is 0.435 e. The molecule has 1 saturated carbocycles. The van der Waals surface area contributed by atoms with E-state index in [1.54, 1.807) is 0 Å². The minimum Gasteiger partial charge on any atom is -0.353 e. The molecule has 2 fully saturated rings. The summed E-state index contributed by atoms with van der Waals surface area (Å²) < 4.78 is 161. The van der Waals surface area contributed by atoms with E-state index >= 15 is 0 Å². The van der Waals surface area contributed by atoms with Crippen molar-refractivity contribution in [2.75, 3.05) is 5.75 Å². The number of benzene rings is 2. The predicted octanol–water partition coefficient (Wildman–Crippen LogP) is 5.84. The molecule has 2 aliphatic carbocycles. The van der Waals surface area contributed by atoms with Gasteiger partial charge in [0.15, 0.2) is 19.7 Å². The molecule has 0 radical (unpaired) electrons. The lowest BCUT2D eigenvalue weighted by atomic mass is 9.73. The van der Waals surface area contributed by atoms with E-state index in [-0.39, 0.29) is 60.3 Å². The summed E-state index contributed by atoms with van der Waals surface area (Å²) in [6, 6.07) is 4.44. The Hall–Kier alpha value is -2.75. The van der Waals surface area contributed by atoms with Gasteiger partial charge in [0.25, 0.3) is 0 Å². The molecule has 45 heavy (non-hydrogen) atoms. The lowest BCUT2D eigenvalue weighted by molar-refractivity contribution is -0.348. The molecule has 16 heteroatoms. The van der Waals surface area contributed by atoms with Gasteiger partial charge < -0.3 is 5.32 Å². The zero-order chi connectivity index (χ0) is 33.4. The first-order valence-corrected chi connectivity index (χ1v) is 17.3. The van der Waals surface area contributed by atoms with Crippen molar-refractivity contribution in [2.45, 2.75) is 84.4 Å². The van der Waals surface area contributed by atoms with Crippen LogP contribution in [0.3, 0.4) is 0 Å². The molecular formula is C29H29F8NO5S2. The van der Waals surface area contributed by atoms with Gasteiger partial charge in [-0.2, -0.15) is 26.3 Å². The summed E-state index contributed by atoms with van der Waals surface area (Å²) in [5, 5.41) is 2.08. The van der Waals surface area contributed by atoms with Crippen molar-refractivity contribution in [2.24, 2.45) is 11.8 Å². The quantitative estimate of drug-likeness (QED) is 0.315. The van der Waals surface area contributed by atoms with E-state index < -0.39 is 82.9 Å². The standard InChI is InChI=1S/C29H29F8NO5S2/c1-16-14-18(11-13-44(16,40)41)25(39)38-24-10-12-26(45(42,43)21-6-4-20(30)5-7-21)22-9-3-19(15-17(22)2-8-23(24)26)27(31,28(32,33)34)29(35,36)37/h3-7,9,15-16,18,23-24H,2,8,10-14H2,1H3,(H,38,39)/t16?,18?,23-,24+,26+/m0/s1. The first-order valence-electron chi connectivity index (χ1n) is 14.1. The number of nitrogens with one attached hydrogen (secondary N) is 1.